The quantitative estimate of drug-likeness (QED) is 0.853. The highest BCUT2D eigenvalue weighted by atomic mass is 19.1. The zero-order valence-corrected chi connectivity index (χ0v) is 11.9. The molecule has 0 spiro atoms. The van der Waals surface area contributed by atoms with Crippen LogP contribution in [0.4, 0.5) is 4.39 Å². The first-order chi connectivity index (χ1) is 9.63. The lowest BCUT2D eigenvalue weighted by molar-refractivity contribution is -0.125. The minimum Gasteiger partial charge on any atom is -0.355 e. The van der Waals surface area contributed by atoms with Crippen molar-refractivity contribution in [3.05, 3.63) is 29.8 Å². The summed E-state index contributed by atoms with van der Waals surface area (Å²) in [6.45, 7) is 4.57. The summed E-state index contributed by atoms with van der Waals surface area (Å²) in [6, 6.07) is 4.46. The van der Waals surface area contributed by atoms with Gasteiger partial charge in [0.1, 0.15) is 11.6 Å². The Morgan fingerprint density at radius 1 is 1.40 bits per heavy atom. The largest absolute Gasteiger partial charge is 0.355 e. The Kier molecular flexibility index (Phi) is 4.71. The molecule has 0 fully saturated rings. The smallest absolute Gasteiger partial charge is 0.223 e. The molecule has 2 rings (SSSR count). The Labute approximate surface area is 117 Å². The van der Waals surface area contributed by atoms with E-state index in [0.29, 0.717) is 18.5 Å². The number of aromatic nitrogens is 2. The zero-order valence-electron chi connectivity index (χ0n) is 11.9. The summed E-state index contributed by atoms with van der Waals surface area (Å²) in [5, 5.41) is 2.92. The van der Waals surface area contributed by atoms with Crippen molar-refractivity contribution in [2.24, 2.45) is 5.92 Å². The summed E-state index contributed by atoms with van der Waals surface area (Å²) in [5.41, 5.74) is 1.43. The van der Waals surface area contributed by atoms with Gasteiger partial charge in [-0.05, 0) is 31.0 Å². The topological polar surface area (TPSA) is 57.8 Å². The number of imidazole rings is 1. The number of carbonyl (C=O) groups excluding carboxylic acids is 1. The molecule has 108 valence electrons. The standard InChI is InChI=1S/C15H20FN3O/c1-3-10(4-2)15(20)17-8-7-14-18-12-6-5-11(16)9-13(12)19-14/h5-6,9-10H,3-4,7-8H2,1-2H3,(H,17,20)(H,18,19). The molecule has 1 aromatic carbocycles. The maximum atomic E-state index is 13.1. The van der Waals surface area contributed by atoms with E-state index in [1.807, 2.05) is 13.8 Å². The third kappa shape index (κ3) is 3.35. The minimum atomic E-state index is -0.283. The van der Waals surface area contributed by atoms with Crippen molar-refractivity contribution in [1.29, 1.82) is 0 Å². The average Bonchev–Trinajstić information content (AvgIpc) is 2.82. The Balaban J connectivity index is 1.91. The first-order valence-corrected chi connectivity index (χ1v) is 7.05. The molecule has 0 radical (unpaired) electrons. The Hall–Kier alpha value is -1.91. The van der Waals surface area contributed by atoms with Gasteiger partial charge in [0, 0.05) is 18.9 Å². The van der Waals surface area contributed by atoms with E-state index in [1.54, 1.807) is 6.07 Å². The van der Waals surface area contributed by atoms with Gasteiger partial charge in [0.25, 0.3) is 0 Å². The van der Waals surface area contributed by atoms with E-state index in [2.05, 4.69) is 15.3 Å². The van der Waals surface area contributed by atoms with Gasteiger partial charge in [-0.3, -0.25) is 4.79 Å². The van der Waals surface area contributed by atoms with E-state index < -0.39 is 0 Å². The highest BCUT2D eigenvalue weighted by Crippen LogP contribution is 2.13. The number of H-pyrrole nitrogens is 1. The van der Waals surface area contributed by atoms with Gasteiger partial charge in [0.15, 0.2) is 0 Å². The van der Waals surface area contributed by atoms with Crippen LogP contribution in [0.1, 0.15) is 32.5 Å². The van der Waals surface area contributed by atoms with Crippen LogP contribution in [0.2, 0.25) is 0 Å². The number of hydrogen-bond donors (Lipinski definition) is 2. The summed E-state index contributed by atoms with van der Waals surface area (Å²) in [4.78, 5) is 19.2. The minimum absolute atomic E-state index is 0.0831. The molecule has 0 aliphatic rings. The van der Waals surface area contributed by atoms with Crippen molar-refractivity contribution >= 4 is 16.9 Å². The third-order valence-corrected chi connectivity index (χ3v) is 3.51. The van der Waals surface area contributed by atoms with Crippen molar-refractivity contribution in [1.82, 2.24) is 15.3 Å². The van der Waals surface area contributed by atoms with Crippen molar-refractivity contribution < 1.29 is 9.18 Å². The maximum absolute atomic E-state index is 13.1. The van der Waals surface area contributed by atoms with Crippen LogP contribution in [-0.4, -0.2) is 22.4 Å². The molecule has 0 atom stereocenters. The van der Waals surface area contributed by atoms with Gasteiger partial charge in [-0.2, -0.15) is 0 Å². The molecule has 20 heavy (non-hydrogen) atoms. The van der Waals surface area contributed by atoms with Gasteiger partial charge in [-0.15, -0.1) is 0 Å². The highest BCUT2D eigenvalue weighted by Gasteiger charge is 2.13. The van der Waals surface area contributed by atoms with E-state index >= 15 is 0 Å². The lowest BCUT2D eigenvalue weighted by atomic mass is 10.0. The second kappa shape index (κ2) is 6.50. The molecular formula is C15H20FN3O. The predicted octanol–water partition coefficient (Wildman–Crippen LogP) is 2.80. The van der Waals surface area contributed by atoms with Gasteiger partial charge in [0.2, 0.25) is 5.91 Å². The average molecular weight is 277 g/mol. The van der Waals surface area contributed by atoms with Crippen molar-refractivity contribution in [2.45, 2.75) is 33.1 Å². The number of aromatic amines is 1. The van der Waals surface area contributed by atoms with Crippen LogP contribution in [0, 0.1) is 11.7 Å². The highest BCUT2D eigenvalue weighted by molar-refractivity contribution is 5.78. The van der Waals surface area contributed by atoms with E-state index in [0.717, 1.165) is 24.2 Å². The lowest BCUT2D eigenvalue weighted by Gasteiger charge is -2.11. The lowest BCUT2D eigenvalue weighted by Crippen LogP contribution is -2.31. The van der Waals surface area contributed by atoms with E-state index in [9.17, 15) is 9.18 Å². The molecule has 1 amide bonds. The number of hydrogen-bond acceptors (Lipinski definition) is 2. The van der Waals surface area contributed by atoms with Gasteiger partial charge in [0.05, 0.1) is 11.0 Å². The molecule has 2 N–H and O–H groups in total. The second-order valence-electron chi connectivity index (χ2n) is 4.90. The normalized spacial score (nSPS) is 11.2. The van der Waals surface area contributed by atoms with Gasteiger partial charge in [-0.1, -0.05) is 13.8 Å². The van der Waals surface area contributed by atoms with Crippen molar-refractivity contribution in [2.75, 3.05) is 6.54 Å². The Bertz CT molecular complexity index is 590. The number of nitrogens with one attached hydrogen (secondary N) is 2. The first kappa shape index (κ1) is 14.5. The van der Waals surface area contributed by atoms with E-state index in [4.69, 9.17) is 0 Å². The van der Waals surface area contributed by atoms with Crippen molar-refractivity contribution in [3.63, 3.8) is 0 Å². The summed E-state index contributed by atoms with van der Waals surface area (Å²) in [5.74, 6) is 0.655. The van der Waals surface area contributed by atoms with Crippen molar-refractivity contribution in [3.8, 4) is 0 Å². The number of fused-ring (bicyclic) bond motifs is 1. The molecule has 5 heteroatoms. The Morgan fingerprint density at radius 3 is 2.85 bits per heavy atom. The SMILES string of the molecule is CCC(CC)C(=O)NCCc1nc2ccc(F)cc2[nH]1. The summed E-state index contributed by atoms with van der Waals surface area (Å²) in [7, 11) is 0. The van der Waals surface area contributed by atoms with Crippen LogP contribution in [-0.2, 0) is 11.2 Å². The zero-order chi connectivity index (χ0) is 14.5. The third-order valence-electron chi connectivity index (χ3n) is 3.51. The molecule has 0 saturated heterocycles. The van der Waals surface area contributed by atoms with Crippen LogP contribution < -0.4 is 5.32 Å². The fourth-order valence-corrected chi connectivity index (χ4v) is 2.26. The molecule has 4 nitrogen and oxygen atoms in total. The fourth-order valence-electron chi connectivity index (χ4n) is 2.26. The van der Waals surface area contributed by atoms with Crippen LogP contribution in [0.25, 0.3) is 11.0 Å². The summed E-state index contributed by atoms with van der Waals surface area (Å²) < 4.78 is 13.1. The molecule has 1 aromatic heterocycles. The molecule has 0 aliphatic carbocycles. The molecule has 0 unspecified atom stereocenters. The number of halogens is 1. The summed E-state index contributed by atoms with van der Waals surface area (Å²) in [6.07, 6.45) is 2.32. The second-order valence-corrected chi connectivity index (χ2v) is 4.90. The fraction of sp³-hybridized carbons (Fsp3) is 0.467. The molecule has 2 aromatic rings. The number of nitrogens with zero attached hydrogens (tertiary/aromatic N) is 1. The van der Waals surface area contributed by atoms with Gasteiger partial charge in [-0.25, -0.2) is 9.37 Å². The van der Waals surface area contributed by atoms with E-state index in [1.165, 1.54) is 12.1 Å². The molecule has 0 bridgehead atoms. The monoisotopic (exact) mass is 277 g/mol. The predicted molar refractivity (Wildman–Crippen MR) is 76.8 cm³/mol. The van der Waals surface area contributed by atoms with Crippen LogP contribution in [0.3, 0.4) is 0 Å². The van der Waals surface area contributed by atoms with Crippen LogP contribution in [0.15, 0.2) is 18.2 Å². The molecule has 1 heterocycles. The molecular weight excluding hydrogens is 257 g/mol. The van der Waals surface area contributed by atoms with Gasteiger partial charge < -0.3 is 10.3 Å². The number of amides is 1. The number of benzene rings is 1. The van der Waals surface area contributed by atoms with Crippen LogP contribution in [0.5, 0.6) is 0 Å². The first-order valence-electron chi connectivity index (χ1n) is 7.05. The van der Waals surface area contributed by atoms with Crippen LogP contribution >= 0.6 is 0 Å². The Morgan fingerprint density at radius 2 is 2.15 bits per heavy atom. The van der Waals surface area contributed by atoms with E-state index in [-0.39, 0.29) is 17.6 Å². The molecule has 0 aliphatic heterocycles. The number of carbonyl (C=O) groups is 1. The summed E-state index contributed by atoms with van der Waals surface area (Å²) >= 11 is 0. The maximum Gasteiger partial charge on any atom is 0.223 e. The van der Waals surface area contributed by atoms with Gasteiger partial charge >= 0.3 is 0 Å². The number of rotatable bonds is 6. The molecule has 0 saturated carbocycles.